The molecule has 1 N–H and O–H groups in total. The van der Waals surface area contributed by atoms with Gasteiger partial charge in [-0.15, -0.1) is 0 Å². The van der Waals surface area contributed by atoms with Gasteiger partial charge in [0.05, 0.1) is 31.2 Å². The first-order valence-corrected chi connectivity index (χ1v) is 9.40. The van der Waals surface area contributed by atoms with Crippen LogP contribution in [0.3, 0.4) is 0 Å². The summed E-state index contributed by atoms with van der Waals surface area (Å²) in [7, 11) is 3.08. The molecule has 0 aliphatic carbocycles. The molecule has 6 nitrogen and oxygen atoms in total. The first kappa shape index (κ1) is 20.2. The van der Waals surface area contributed by atoms with E-state index in [1.54, 1.807) is 25.5 Å². The van der Waals surface area contributed by atoms with Crippen molar-refractivity contribution < 1.29 is 19.0 Å². The van der Waals surface area contributed by atoms with Crippen molar-refractivity contribution >= 4 is 11.7 Å². The lowest BCUT2D eigenvalue weighted by Crippen LogP contribution is -2.07. The number of anilines is 1. The van der Waals surface area contributed by atoms with Crippen LogP contribution in [-0.4, -0.2) is 31.7 Å². The van der Waals surface area contributed by atoms with Crippen LogP contribution in [0.4, 0.5) is 5.69 Å². The van der Waals surface area contributed by atoms with Crippen LogP contribution in [0, 0.1) is 0 Å². The van der Waals surface area contributed by atoms with Gasteiger partial charge in [0.2, 0.25) is 0 Å². The number of carbonyl (C=O) groups is 1. The Morgan fingerprint density at radius 1 is 1.10 bits per heavy atom. The van der Waals surface area contributed by atoms with Crippen molar-refractivity contribution in [3.8, 4) is 17.2 Å². The first-order valence-electron chi connectivity index (χ1n) is 9.40. The van der Waals surface area contributed by atoms with Crippen molar-refractivity contribution in [2.45, 2.75) is 12.8 Å². The van der Waals surface area contributed by atoms with Crippen LogP contribution in [0.1, 0.15) is 22.3 Å². The minimum atomic E-state index is -0.359. The Bertz CT molecular complexity index is 945. The van der Waals surface area contributed by atoms with Crippen LogP contribution in [0.2, 0.25) is 0 Å². The largest absolute Gasteiger partial charge is 0.493 e. The fourth-order valence-corrected chi connectivity index (χ4v) is 2.89. The van der Waals surface area contributed by atoms with E-state index in [2.05, 4.69) is 21.1 Å². The van der Waals surface area contributed by atoms with E-state index in [9.17, 15) is 4.79 Å². The highest BCUT2D eigenvalue weighted by Crippen LogP contribution is 2.31. The van der Waals surface area contributed by atoms with Crippen LogP contribution in [0.15, 0.2) is 67.0 Å². The summed E-state index contributed by atoms with van der Waals surface area (Å²) in [4.78, 5) is 15.0. The Hall–Kier alpha value is -3.54. The molecule has 0 saturated heterocycles. The monoisotopic (exact) mass is 392 g/mol. The van der Waals surface area contributed by atoms with E-state index < -0.39 is 0 Å². The Morgan fingerprint density at radius 3 is 2.69 bits per heavy atom. The van der Waals surface area contributed by atoms with Gasteiger partial charge in [-0.1, -0.05) is 24.3 Å². The number of benzene rings is 2. The summed E-state index contributed by atoms with van der Waals surface area (Å²) < 4.78 is 16.0. The smallest absolute Gasteiger partial charge is 0.340 e. The van der Waals surface area contributed by atoms with Gasteiger partial charge in [0, 0.05) is 19.3 Å². The summed E-state index contributed by atoms with van der Waals surface area (Å²) in [6.45, 7) is 0.807. The van der Waals surface area contributed by atoms with Crippen LogP contribution in [0.25, 0.3) is 0 Å². The minimum absolute atomic E-state index is 0.359. The van der Waals surface area contributed by atoms with E-state index in [1.165, 1.54) is 12.7 Å². The van der Waals surface area contributed by atoms with E-state index in [4.69, 9.17) is 9.47 Å². The summed E-state index contributed by atoms with van der Waals surface area (Å²) in [5, 5.41) is 2.85. The lowest BCUT2D eigenvalue weighted by atomic mass is 10.1. The summed E-state index contributed by atoms with van der Waals surface area (Å²) in [5.74, 6) is 2.28. The number of pyridine rings is 1. The van der Waals surface area contributed by atoms with Crippen LogP contribution < -0.4 is 14.8 Å². The van der Waals surface area contributed by atoms with Gasteiger partial charge >= 0.3 is 5.97 Å². The van der Waals surface area contributed by atoms with E-state index in [0.29, 0.717) is 11.3 Å². The summed E-state index contributed by atoms with van der Waals surface area (Å²) in [5.41, 5.74) is 2.44. The van der Waals surface area contributed by atoms with Crippen LogP contribution >= 0.6 is 0 Å². The first-order chi connectivity index (χ1) is 14.2. The molecule has 6 heteroatoms. The topological polar surface area (TPSA) is 69.7 Å². The fourth-order valence-electron chi connectivity index (χ4n) is 2.89. The zero-order valence-electron chi connectivity index (χ0n) is 16.6. The van der Waals surface area contributed by atoms with Gasteiger partial charge in [0.25, 0.3) is 0 Å². The van der Waals surface area contributed by atoms with Crippen molar-refractivity contribution in [2.75, 3.05) is 26.1 Å². The van der Waals surface area contributed by atoms with Gasteiger partial charge in [0.1, 0.15) is 17.2 Å². The second-order valence-electron chi connectivity index (χ2n) is 6.30. The van der Waals surface area contributed by atoms with Crippen molar-refractivity contribution in [3.63, 3.8) is 0 Å². The quantitative estimate of drug-likeness (QED) is 0.648. The maximum Gasteiger partial charge on any atom is 0.340 e. The number of fused-ring (bicyclic) bond motifs is 1. The Morgan fingerprint density at radius 2 is 1.93 bits per heavy atom. The molecule has 2 aromatic carbocycles. The zero-order valence-corrected chi connectivity index (χ0v) is 16.6. The molecule has 0 radical (unpaired) electrons. The highest BCUT2D eigenvalue weighted by atomic mass is 16.5. The fraction of sp³-hybridized carbons (Fsp3) is 0.217. The minimum Gasteiger partial charge on any atom is -0.493 e. The number of hydrogen-bond donors (Lipinski definition) is 1. The molecule has 0 unspecified atom stereocenters. The molecule has 150 valence electrons. The van der Waals surface area contributed by atoms with Gasteiger partial charge < -0.3 is 19.5 Å². The van der Waals surface area contributed by atoms with Gasteiger partial charge in [-0.05, 0) is 42.7 Å². The molecule has 1 aliphatic heterocycles. The molecule has 1 aliphatic rings. The Labute approximate surface area is 170 Å². The average molecular weight is 392 g/mol. The number of methoxy groups -OCH3 is 1. The number of carbonyl (C=O) groups excluding carboxylic acids is 1. The van der Waals surface area contributed by atoms with Crippen molar-refractivity contribution in [2.24, 2.45) is 0 Å². The predicted octanol–water partition coefficient (Wildman–Crippen LogP) is 4.71. The molecule has 1 aromatic heterocycles. The second kappa shape index (κ2) is 10.1. The van der Waals surface area contributed by atoms with Crippen molar-refractivity contribution in [1.82, 2.24) is 4.98 Å². The van der Waals surface area contributed by atoms with E-state index >= 15 is 0 Å². The molecule has 0 atom stereocenters. The number of esters is 1. The zero-order chi connectivity index (χ0) is 20.5. The number of nitrogens with one attached hydrogen (secondary N) is 1. The number of rotatable bonds is 4. The van der Waals surface area contributed by atoms with Gasteiger partial charge in [-0.25, -0.2) is 4.79 Å². The molecule has 0 fully saturated rings. The highest BCUT2D eigenvalue weighted by Gasteiger charge is 2.11. The van der Waals surface area contributed by atoms with Crippen molar-refractivity contribution in [1.29, 1.82) is 0 Å². The number of ether oxygens (including phenoxy) is 3. The number of aromatic nitrogens is 1. The molecule has 4 rings (SSSR count). The molecule has 0 saturated carbocycles. The van der Waals surface area contributed by atoms with Gasteiger partial charge in [0.15, 0.2) is 0 Å². The number of para-hydroxylation sites is 1. The third-order valence-corrected chi connectivity index (χ3v) is 4.36. The predicted molar refractivity (Wildman–Crippen MR) is 112 cm³/mol. The summed E-state index contributed by atoms with van der Waals surface area (Å²) in [6, 6.07) is 17.5. The third-order valence-electron chi connectivity index (χ3n) is 4.36. The lowest BCUT2D eigenvalue weighted by Gasteiger charge is -2.17. The van der Waals surface area contributed by atoms with E-state index in [-0.39, 0.29) is 5.97 Å². The standard InChI is InChI=1S/C15H14O2.C8H10N2O2/c1-2-6-13(7-3-1)17-14-9-8-12-5-4-10-16-15(12)11-14;1-9-7-5-10-4-3-6(7)8(11)12-2/h1-3,6-9,11H,4-5,10H2;3-5,9H,1-2H3. The molecule has 0 bridgehead atoms. The van der Waals surface area contributed by atoms with Crippen LogP contribution in [-0.2, 0) is 11.2 Å². The maximum absolute atomic E-state index is 11.1. The highest BCUT2D eigenvalue weighted by molar-refractivity contribution is 5.95. The normalized spacial score (nSPS) is 11.8. The second-order valence-corrected chi connectivity index (χ2v) is 6.30. The summed E-state index contributed by atoms with van der Waals surface area (Å²) in [6.07, 6.45) is 5.33. The SMILES string of the molecule is CNc1cnccc1C(=O)OC.c1ccc(Oc2ccc3c(c2)OCCC3)cc1. The van der Waals surface area contributed by atoms with E-state index in [0.717, 1.165) is 36.7 Å². The van der Waals surface area contributed by atoms with Crippen LogP contribution in [0.5, 0.6) is 17.2 Å². The molecule has 3 aromatic rings. The lowest BCUT2D eigenvalue weighted by molar-refractivity contribution is 0.0601. The Kier molecular flexibility index (Phi) is 7.05. The maximum atomic E-state index is 11.1. The number of hydrogen-bond acceptors (Lipinski definition) is 6. The third kappa shape index (κ3) is 5.48. The summed E-state index contributed by atoms with van der Waals surface area (Å²) >= 11 is 0. The number of aryl methyl sites for hydroxylation is 1. The molecule has 29 heavy (non-hydrogen) atoms. The van der Waals surface area contributed by atoms with Crippen molar-refractivity contribution in [3.05, 3.63) is 78.1 Å². The molecule has 0 amide bonds. The molecular weight excluding hydrogens is 368 g/mol. The molecule has 2 heterocycles. The van der Waals surface area contributed by atoms with E-state index in [1.807, 2.05) is 42.5 Å². The van der Waals surface area contributed by atoms with Gasteiger partial charge in [-0.3, -0.25) is 4.98 Å². The van der Waals surface area contributed by atoms with Gasteiger partial charge in [-0.2, -0.15) is 0 Å². The molecular formula is C23H24N2O4. The Balaban J connectivity index is 0.000000177. The molecule has 0 spiro atoms. The number of nitrogens with zero attached hydrogens (tertiary/aromatic N) is 1. The average Bonchev–Trinajstić information content (AvgIpc) is 2.79.